The Labute approximate surface area is 92.9 Å². The zero-order chi connectivity index (χ0) is 11.5. The van der Waals surface area contributed by atoms with Crippen LogP contribution in [0.1, 0.15) is 30.9 Å². The highest BCUT2D eigenvalue weighted by Gasteiger charge is 2.23. The van der Waals surface area contributed by atoms with Crippen LogP contribution in [0.4, 0.5) is 8.78 Å². The van der Waals surface area contributed by atoms with E-state index in [0.29, 0.717) is 13.0 Å². The molecule has 4 heteroatoms. The molecule has 1 saturated heterocycles. The van der Waals surface area contributed by atoms with Crippen LogP contribution in [0.25, 0.3) is 0 Å². The monoisotopic (exact) mass is 228 g/mol. The Hall–Kier alpha value is -1.00. The molecule has 16 heavy (non-hydrogen) atoms. The molecule has 1 fully saturated rings. The van der Waals surface area contributed by atoms with Gasteiger partial charge in [0.2, 0.25) is 0 Å². The summed E-state index contributed by atoms with van der Waals surface area (Å²) in [6.07, 6.45) is 1.11. The molecule has 0 amide bonds. The van der Waals surface area contributed by atoms with Gasteiger partial charge in [-0.25, -0.2) is 8.78 Å². The van der Waals surface area contributed by atoms with Crippen LogP contribution >= 0.6 is 0 Å². The minimum atomic E-state index is -1.00. The molecule has 1 N–H and O–H groups in total. The molecule has 0 aromatic heterocycles. The Balaban J connectivity index is 2.07. The van der Waals surface area contributed by atoms with Crippen molar-refractivity contribution in [2.75, 3.05) is 6.61 Å². The maximum absolute atomic E-state index is 13.4. The van der Waals surface area contributed by atoms with E-state index in [-0.39, 0.29) is 11.7 Å². The second kappa shape index (κ2) is 4.89. The van der Waals surface area contributed by atoms with Gasteiger partial charge in [0.1, 0.15) is 0 Å². The summed E-state index contributed by atoms with van der Waals surface area (Å²) < 4.78 is 31.6. The summed E-state index contributed by atoms with van der Waals surface area (Å²) in [5.41, 5.74) is 0.00972. The highest BCUT2D eigenvalue weighted by molar-refractivity contribution is 5.21. The van der Waals surface area contributed by atoms with Crippen molar-refractivity contribution in [1.82, 2.24) is 0 Å². The van der Waals surface area contributed by atoms with E-state index in [1.54, 1.807) is 0 Å². The first-order chi connectivity index (χ1) is 7.68. The molecule has 0 aliphatic carbocycles. The molecule has 1 aliphatic rings. The highest BCUT2D eigenvalue weighted by Crippen LogP contribution is 2.27. The normalized spacial score (nSPS) is 22.3. The van der Waals surface area contributed by atoms with Gasteiger partial charge in [0.15, 0.2) is 11.6 Å². The van der Waals surface area contributed by atoms with E-state index in [1.165, 1.54) is 12.1 Å². The predicted molar refractivity (Wildman–Crippen MR) is 54.9 cm³/mol. The molecule has 1 aliphatic heterocycles. The summed E-state index contributed by atoms with van der Waals surface area (Å²) in [7, 11) is 0. The van der Waals surface area contributed by atoms with Gasteiger partial charge in [-0.3, -0.25) is 0 Å². The summed E-state index contributed by atoms with van der Waals surface area (Å²) in [4.78, 5) is 0. The first kappa shape index (κ1) is 11.5. The predicted octanol–water partition coefficient (Wildman–Crippen LogP) is 2.57. The van der Waals surface area contributed by atoms with E-state index in [4.69, 9.17) is 4.74 Å². The van der Waals surface area contributed by atoms with Crippen molar-refractivity contribution in [2.45, 2.75) is 31.5 Å². The third-order valence-electron chi connectivity index (χ3n) is 2.85. The van der Waals surface area contributed by atoms with Crippen molar-refractivity contribution in [2.24, 2.45) is 0 Å². The molecule has 2 atom stereocenters. The van der Waals surface area contributed by atoms with Gasteiger partial charge in [-0.15, -0.1) is 0 Å². The molecule has 2 rings (SSSR count). The topological polar surface area (TPSA) is 29.5 Å². The minimum absolute atomic E-state index is 0.00972. The van der Waals surface area contributed by atoms with Crippen LogP contribution in [0.5, 0.6) is 0 Å². The molecule has 2 unspecified atom stereocenters. The fourth-order valence-corrected chi connectivity index (χ4v) is 1.98. The second-order valence-corrected chi connectivity index (χ2v) is 4.03. The van der Waals surface area contributed by atoms with Gasteiger partial charge < -0.3 is 9.84 Å². The molecular formula is C12H14F2O2. The lowest BCUT2D eigenvalue weighted by Gasteiger charge is -2.16. The van der Waals surface area contributed by atoms with Crippen molar-refractivity contribution in [3.05, 3.63) is 35.4 Å². The Morgan fingerprint density at radius 1 is 1.44 bits per heavy atom. The Morgan fingerprint density at radius 3 is 2.94 bits per heavy atom. The molecule has 1 heterocycles. The molecule has 1 aromatic carbocycles. The standard InChI is InChI=1S/C12H14F2O2/c13-10-5-1-4-9(12(10)14)11(15)7-8-3-2-6-16-8/h1,4-5,8,11,15H,2-3,6-7H2. The van der Waals surface area contributed by atoms with Gasteiger partial charge in [0.25, 0.3) is 0 Å². The zero-order valence-electron chi connectivity index (χ0n) is 8.83. The smallest absolute Gasteiger partial charge is 0.164 e. The van der Waals surface area contributed by atoms with Gasteiger partial charge >= 0.3 is 0 Å². The summed E-state index contributed by atoms with van der Waals surface area (Å²) in [6.45, 7) is 0.684. The Morgan fingerprint density at radius 2 is 2.25 bits per heavy atom. The first-order valence-corrected chi connectivity index (χ1v) is 5.42. The molecule has 0 saturated carbocycles. The SMILES string of the molecule is OC(CC1CCCO1)c1cccc(F)c1F. The van der Waals surface area contributed by atoms with E-state index in [9.17, 15) is 13.9 Å². The van der Waals surface area contributed by atoms with Crippen molar-refractivity contribution in [3.8, 4) is 0 Å². The van der Waals surface area contributed by atoms with E-state index in [1.807, 2.05) is 0 Å². The van der Waals surface area contributed by atoms with Crippen LogP contribution in [-0.2, 0) is 4.74 Å². The molecule has 0 bridgehead atoms. The lowest BCUT2D eigenvalue weighted by atomic mass is 10.0. The summed E-state index contributed by atoms with van der Waals surface area (Å²) in [6, 6.07) is 3.84. The number of halogens is 2. The average Bonchev–Trinajstić information content (AvgIpc) is 2.74. The van der Waals surface area contributed by atoms with Gasteiger partial charge in [-0.05, 0) is 18.9 Å². The van der Waals surface area contributed by atoms with Crippen LogP contribution in [-0.4, -0.2) is 17.8 Å². The molecule has 2 nitrogen and oxygen atoms in total. The molecule has 0 spiro atoms. The third kappa shape index (κ3) is 2.39. The van der Waals surface area contributed by atoms with E-state index in [0.717, 1.165) is 18.9 Å². The fourth-order valence-electron chi connectivity index (χ4n) is 1.98. The Kier molecular flexibility index (Phi) is 3.51. The lowest BCUT2D eigenvalue weighted by molar-refractivity contribution is 0.0519. The second-order valence-electron chi connectivity index (χ2n) is 4.03. The third-order valence-corrected chi connectivity index (χ3v) is 2.85. The highest BCUT2D eigenvalue weighted by atomic mass is 19.2. The molecule has 88 valence electrons. The van der Waals surface area contributed by atoms with Crippen molar-refractivity contribution >= 4 is 0 Å². The molecule has 1 aromatic rings. The van der Waals surface area contributed by atoms with Crippen molar-refractivity contribution in [3.63, 3.8) is 0 Å². The number of ether oxygens (including phenoxy) is 1. The van der Waals surface area contributed by atoms with Gasteiger partial charge in [-0.1, -0.05) is 12.1 Å². The lowest BCUT2D eigenvalue weighted by Crippen LogP contribution is -2.12. The van der Waals surface area contributed by atoms with Crippen molar-refractivity contribution < 1.29 is 18.6 Å². The maximum atomic E-state index is 13.4. The van der Waals surface area contributed by atoms with Gasteiger partial charge in [0.05, 0.1) is 12.2 Å². The van der Waals surface area contributed by atoms with E-state index < -0.39 is 17.7 Å². The summed E-state index contributed by atoms with van der Waals surface area (Å²) in [5.74, 6) is -1.89. The number of hydrogen-bond donors (Lipinski definition) is 1. The van der Waals surface area contributed by atoms with Gasteiger partial charge in [0, 0.05) is 18.6 Å². The maximum Gasteiger partial charge on any atom is 0.164 e. The summed E-state index contributed by atoms with van der Waals surface area (Å²) in [5, 5.41) is 9.80. The quantitative estimate of drug-likeness (QED) is 0.861. The Bertz CT molecular complexity index is 362. The van der Waals surface area contributed by atoms with Crippen molar-refractivity contribution in [1.29, 1.82) is 0 Å². The molecule has 0 radical (unpaired) electrons. The van der Waals surface area contributed by atoms with E-state index >= 15 is 0 Å². The number of hydrogen-bond acceptors (Lipinski definition) is 2. The number of benzene rings is 1. The number of aliphatic hydroxyl groups is 1. The van der Waals surface area contributed by atoms with E-state index in [2.05, 4.69) is 0 Å². The summed E-state index contributed by atoms with van der Waals surface area (Å²) >= 11 is 0. The van der Waals surface area contributed by atoms with Crippen LogP contribution in [0.2, 0.25) is 0 Å². The average molecular weight is 228 g/mol. The molecular weight excluding hydrogens is 214 g/mol. The van der Waals surface area contributed by atoms with Crippen LogP contribution in [0, 0.1) is 11.6 Å². The van der Waals surface area contributed by atoms with Gasteiger partial charge in [-0.2, -0.15) is 0 Å². The van der Waals surface area contributed by atoms with Crippen LogP contribution in [0.3, 0.4) is 0 Å². The zero-order valence-corrected chi connectivity index (χ0v) is 8.83. The number of aliphatic hydroxyl groups excluding tert-OH is 1. The first-order valence-electron chi connectivity index (χ1n) is 5.42. The minimum Gasteiger partial charge on any atom is -0.388 e. The van der Waals surface area contributed by atoms with Crippen LogP contribution in [0.15, 0.2) is 18.2 Å². The largest absolute Gasteiger partial charge is 0.388 e. The van der Waals surface area contributed by atoms with Crippen LogP contribution < -0.4 is 0 Å². The number of rotatable bonds is 3. The fraction of sp³-hybridized carbons (Fsp3) is 0.500.